The Morgan fingerprint density at radius 3 is 2.50 bits per heavy atom. The first kappa shape index (κ1) is 15.8. The number of hydrogen-bond acceptors (Lipinski definition) is 4. The SMILES string of the molecule is COC(=O)N[C@@H](C)C(=O)N1CCN(c2ccccc2)C(=O)C1. The number of ether oxygens (including phenoxy) is 1. The second kappa shape index (κ2) is 6.93. The number of carbonyl (C=O) groups is 3. The van der Waals surface area contributed by atoms with E-state index in [0.29, 0.717) is 13.1 Å². The summed E-state index contributed by atoms with van der Waals surface area (Å²) < 4.78 is 4.46. The highest BCUT2D eigenvalue weighted by Gasteiger charge is 2.30. The van der Waals surface area contributed by atoms with Crippen molar-refractivity contribution in [3.05, 3.63) is 30.3 Å². The summed E-state index contributed by atoms with van der Waals surface area (Å²) in [5, 5.41) is 2.41. The molecule has 1 atom stereocenters. The van der Waals surface area contributed by atoms with Gasteiger partial charge in [0, 0.05) is 18.8 Å². The summed E-state index contributed by atoms with van der Waals surface area (Å²) in [6.45, 7) is 2.42. The predicted molar refractivity (Wildman–Crippen MR) is 80.4 cm³/mol. The van der Waals surface area contributed by atoms with E-state index in [1.54, 1.807) is 11.8 Å². The summed E-state index contributed by atoms with van der Waals surface area (Å²) in [6, 6.07) is 8.59. The minimum absolute atomic E-state index is 0.000913. The molecule has 1 N–H and O–H groups in total. The van der Waals surface area contributed by atoms with Crippen LogP contribution in [0.2, 0.25) is 0 Å². The van der Waals surface area contributed by atoms with Crippen molar-refractivity contribution in [2.24, 2.45) is 0 Å². The highest BCUT2D eigenvalue weighted by Crippen LogP contribution is 2.16. The van der Waals surface area contributed by atoms with Crippen LogP contribution in [0.3, 0.4) is 0 Å². The van der Waals surface area contributed by atoms with E-state index in [9.17, 15) is 14.4 Å². The number of piperazine rings is 1. The quantitative estimate of drug-likeness (QED) is 0.887. The van der Waals surface area contributed by atoms with E-state index in [0.717, 1.165) is 5.69 Å². The van der Waals surface area contributed by atoms with Gasteiger partial charge in [-0.2, -0.15) is 0 Å². The summed E-state index contributed by atoms with van der Waals surface area (Å²) >= 11 is 0. The molecule has 1 aromatic rings. The first-order valence-corrected chi connectivity index (χ1v) is 7.01. The standard InChI is InChI=1S/C15H19N3O4/c1-11(16-15(21)22-2)14(20)17-8-9-18(13(19)10-17)12-6-4-3-5-7-12/h3-7,11H,8-10H2,1-2H3,(H,16,21)/t11-/m0/s1. The van der Waals surface area contributed by atoms with Gasteiger partial charge in [-0.05, 0) is 19.1 Å². The van der Waals surface area contributed by atoms with Crippen molar-refractivity contribution in [1.29, 1.82) is 0 Å². The Hall–Kier alpha value is -2.57. The highest BCUT2D eigenvalue weighted by molar-refractivity contribution is 5.98. The first-order valence-electron chi connectivity index (χ1n) is 7.01. The van der Waals surface area contributed by atoms with Crippen molar-refractivity contribution in [2.45, 2.75) is 13.0 Å². The lowest BCUT2D eigenvalue weighted by Crippen LogP contribution is -2.56. The molecule has 1 aliphatic rings. The molecule has 22 heavy (non-hydrogen) atoms. The summed E-state index contributed by atoms with van der Waals surface area (Å²) in [5.41, 5.74) is 0.820. The minimum atomic E-state index is -0.733. The second-order valence-electron chi connectivity index (χ2n) is 5.00. The molecule has 118 valence electrons. The third-order valence-corrected chi connectivity index (χ3v) is 3.49. The Bertz CT molecular complexity index is 561. The average Bonchev–Trinajstić information content (AvgIpc) is 2.54. The van der Waals surface area contributed by atoms with E-state index in [-0.39, 0.29) is 18.4 Å². The van der Waals surface area contributed by atoms with E-state index in [1.165, 1.54) is 12.0 Å². The zero-order valence-electron chi connectivity index (χ0n) is 12.6. The zero-order chi connectivity index (χ0) is 16.1. The molecule has 1 saturated heterocycles. The molecule has 3 amide bonds. The average molecular weight is 305 g/mol. The first-order chi connectivity index (χ1) is 10.5. The third kappa shape index (κ3) is 3.55. The number of methoxy groups -OCH3 is 1. The lowest BCUT2D eigenvalue weighted by molar-refractivity contribution is -0.138. The van der Waals surface area contributed by atoms with Crippen molar-refractivity contribution in [2.75, 3.05) is 31.6 Å². The van der Waals surface area contributed by atoms with Crippen molar-refractivity contribution >= 4 is 23.6 Å². The largest absolute Gasteiger partial charge is 0.453 e. The van der Waals surface area contributed by atoms with E-state index in [2.05, 4.69) is 10.1 Å². The van der Waals surface area contributed by atoms with Gasteiger partial charge in [0.2, 0.25) is 11.8 Å². The molecule has 1 aromatic carbocycles. The maximum atomic E-state index is 12.2. The maximum absolute atomic E-state index is 12.2. The van der Waals surface area contributed by atoms with Crippen LogP contribution in [0.5, 0.6) is 0 Å². The molecule has 7 heteroatoms. The number of anilines is 1. The predicted octanol–water partition coefficient (Wildman–Crippen LogP) is 0.606. The number of para-hydroxylation sites is 1. The number of amides is 3. The molecule has 1 aliphatic heterocycles. The van der Waals surface area contributed by atoms with Crippen molar-refractivity contribution in [1.82, 2.24) is 10.2 Å². The van der Waals surface area contributed by atoms with Crippen LogP contribution in [-0.4, -0.2) is 55.6 Å². The van der Waals surface area contributed by atoms with Crippen LogP contribution in [0, 0.1) is 0 Å². The van der Waals surface area contributed by atoms with Gasteiger partial charge in [-0.15, -0.1) is 0 Å². The smallest absolute Gasteiger partial charge is 0.407 e. The van der Waals surface area contributed by atoms with Gasteiger partial charge in [0.15, 0.2) is 0 Å². The molecule has 1 fully saturated rings. The van der Waals surface area contributed by atoms with E-state index in [1.807, 2.05) is 30.3 Å². The van der Waals surface area contributed by atoms with E-state index < -0.39 is 12.1 Å². The fourth-order valence-electron chi connectivity index (χ4n) is 2.31. The lowest BCUT2D eigenvalue weighted by atomic mass is 10.2. The van der Waals surface area contributed by atoms with Crippen molar-refractivity contribution in [3.63, 3.8) is 0 Å². The number of rotatable bonds is 3. The monoisotopic (exact) mass is 305 g/mol. The Morgan fingerprint density at radius 2 is 1.91 bits per heavy atom. The highest BCUT2D eigenvalue weighted by atomic mass is 16.5. The molecule has 0 unspecified atom stereocenters. The summed E-state index contributed by atoms with van der Waals surface area (Å²) in [6.07, 6.45) is -0.671. The molecule has 2 rings (SSSR count). The molecule has 1 heterocycles. The summed E-state index contributed by atoms with van der Waals surface area (Å²) in [4.78, 5) is 38.7. The van der Waals surface area contributed by atoms with E-state index in [4.69, 9.17) is 0 Å². The summed E-state index contributed by atoms with van der Waals surface area (Å²) in [5.74, 6) is -0.442. The Kier molecular flexibility index (Phi) is 4.98. The third-order valence-electron chi connectivity index (χ3n) is 3.49. The Balaban J connectivity index is 1.96. The molecule has 7 nitrogen and oxygen atoms in total. The molecule has 0 saturated carbocycles. The van der Waals surface area contributed by atoms with Crippen LogP contribution in [0.1, 0.15) is 6.92 Å². The number of hydrogen-bond donors (Lipinski definition) is 1. The molecule has 0 radical (unpaired) electrons. The molecule has 0 bridgehead atoms. The maximum Gasteiger partial charge on any atom is 0.407 e. The topological polar surface area (TPSA) is 79.0 Å². The van der Waals surface area contributed by atoms with Crippen LogP contribution in [0.25, 0.3) is 0 Å². The zero-order valence-corrected chi connectivity index (χ0v) is 12.6. The second-order valence-corrected chi connectivity index (χ2v) is 5.00. The van der Waals surface area contributed by atoms with E-state index >= 15 is 0 Å². The van der Waals surface area contributed by atoms with Gasteiger partial charge < -0.3 is 19.9 Å². The number of benzene rings is 1. The van der Waals surface area contributed by atoms with Crippen LogP contribution in [0.15, 0.2) is 30.3 Å². The van der Waals surface area contributed by atoms with Gasteiger partial charge in [-0.25, -0.2) is 4.79 Å². The van der Waals surface area contributed by atoms with Gasteiger partial charge in [0.1, 0.15) is 12.6 Å². The van der Waals surface area contributed by atoms with Gasteiger partial charge in [-0.3, -0.25) is 9.59 Å². The lowest BCUT2D eigenvalue weighted by Gasteiger charge is -2.35. The number of nitrogens with zero attached hydrogens (tertiary/aromatic N) is 2. The van der Waals surface area contributed by atoms with Gasteiger partial charge in [0.05, 0.1) is 7.11 Å². The fourth-order valence-corrected chi connectivity index (χ4v) is 2.31. The van der Waals surface area contributed by atoms with Crippen molar-refractivity contribution in [3.8, 4) is 0 Å². The van der Waals surface area contributed by atoms with Gasteiger partial charge in [0.25, 0.3) is 0 Å². The molecule has 0 spiro atoms. The van der Waals surface area contributed by atoms with Crippen LogP contribution < -0.4 is 10.2 Å². The molecular weight excluding hydrogens is 286 g/mol. The van der Waals surface area contributed by atoms with Crippen LogP contribution >= 0.6 is 0 Å². The van der Waals surface area contributed by atoms with Crippen LogP contribution in [0.4, 0.5) is 10.5 Å². The number of nitrogens with one attached hydrogen (secondary N) is 1. The Labute approximate surface area is 128 Å². The summed E-state index contributed by atoms with van der Waals surface area (Å²) in [7, 11) is 1.23. The van der Waals surface area contributed by atoms with Crippen molar-refractivity contribution < 1.29 is 19.1 Å². The molecule has 0 aromatic heterocycles. The molecular formula is C15H19N3O4. The number of carbonyl (C=O) groups excluding carboxylic acids is 3. The minimum Gasteiger partial charge on any atom is -0.453 e. The Morgan fingerprint density at radius 1 is 1.23 bits per heavy atom. The van der Waals surface area contributed by atoms with Gasteiger partial charge >= 0.3 is 6.09 Å². The van der Waals surface area contributed by atoms with Gasteiger partial charge in [-0.1, -0.05) is 18.2 Å². The fraction of sp³-hybridized carbons (Fsp3) is 0.400. The normalized spacial score (nSPS) is 16.2. The van der Waals surface area contributed by atoms with Crippen LogP contribution in [-0.2, 0) is 14.3 Å². The number of alkyl carbamates (subject to hydrolysis) is 1. The molecule has 0 aliphatic carbocycles.